The lowest BCUT2D eigenvalue weighted by atomic mass is 10.0. The lowest BCUT2D eigenvalue weighted by molar-refractivity contribution is -0.125. The summed E-state index contributed by atoms with van der Waals surface area (Å²) in [5.41, 5.74) is 8.18. The van der Waals surface area contributed by atoms with Crippen LogP contribution in [0.4, 0.5) is 4.39 Å². The molecule has 0 radical (unpaired) electrons. The van der Waals surface area contributed by atoms with Crippen molar-refractivity contribution in [1.29, 1.82) is 0 Å². The van der Waals surface area contributed by atoms with Gasteiger partial charge < -0.3 is 21.1 Å². The van der Waals surface area contributed by atoms with Gasteiger partial charge in [-0.2, -0.15) is 0 Å². The Bertz CT molecular complexity index is 1080. The summed E-state index contributed by atoms with van der Waals surface area (Å²) < 4.78 is 19.8. The molecular formula is C29H36FN3O3. The number of nitrogens with two attached hydrogens (primary N) is 1. The van der Waals surface area contributed by atoms with Gasteiger partial charge in [-0.05, 0) is 86.9 Å². The molecule has 7 heteroatoms. The van der Waals surface area contributed by atoms with Crippen LogP contribution in [0.15, 0.2) is 42.5 Å². The van der Waals surface area contributed by atoms with Gasteiger partial charge in [-0.25, -0.2) is 4.39 Å². The first-order chi connectivity index (χ1) is 17.4. The van der Waals surface area contributed by atoms with Crippen LogP contribution in [0.3, 0.4) is 0 Å². The number of carbonyl (C=O) groups is 2. The number of halogens is 1. The number of primary amides is 1. The van der Waals surface area contributed by atoms with Gasteiger partial charge >= 0.3 is 0 Å². The van der Waals surface area contributed by atoms with Crippen LogP contribution in [0.1, 0.15) is 68.1 Å². The average Bonchev–Trinajstić information content (AvgIpc) is 3.65. The normalized spacial score (nSPS) is 13.6. The molecule has 0 atom stereocenters. The second kappa shape index (κ2) is 13.6. The first kappa shape index (κ1) is 27.2. The number of unbranched alkanes of at least 4 members (excludes halogenated alkanes) is 2. The molecule has 2 aromatic carbocycles. The van der Waals surface area contributed by atoms with Gasteiger partial charge in [-0.1, -0.05) is 18.1 Å². The van der Waals surface area contributed by atoms with Crippen molar-refractivity contribution in [2.45, 2.75) is 63.3 Å². The highest BCUT2D eigenvalue weighted by Crippen LogP contribution is 2.45. The van der Waals surface area contributed by atoms with Crippen molar-refractivity contribution in [3.63, 3.8) is 0 Å². The van der Waals surface area contributed by atoms with Crippen LogP contribution < -0.4 is 21.1 Å². The smallest absolute Gasteiger partial charge is 0.220 e. The van der Waals surface area contributed by atoms with Gasteiger partial charge in [0.15, 0.2) is 0 Å². The van der Waals surface area contributed by atoms with Gasteiger partial charge in [0, 0.05) is 36.6 Å². The third-order valence-electron chi connectivity index (χ3n) is 6.38. The van der Waals surface area contributed by atoms with Crippen LogP contribution in [0, 0.1) is 18.2 Å². The molecule has 6 nitrogen and oxygen atoms in total. The second-order valence-electron chi connectivity index (χ2n) is 9.36. The highest BCUT2D eigenvalue weighted by Gasteiger charge is 2.43. The minimum absolute atomic E-state index is 0.0513. The molecule has 0 aromatic heterocycles. The molecule has 192 valence electrons. The van der Waals surface area contributed by atoms with E-state index in [1.54, 1.807) is 6.07 Å². The molecule has 2 aromatic rings. The maximum atomic E-state index is 14.1. The fourth-order valence-electron chi connectivity index (χ4n) is 4.20. The Kier molecular flexibility index (Phi) is 10.3. The predicted molar refractivity (Wildman–Crippen MR) is 139 cm³/mol. The second-order valence-corrected chi connectivity index (χ2v) is 9.36. The number of benzene rings is 2. The number of rotatable bonds is 16. The molecule has 1 fully saturated rings. The summed E-state index contributed by atoms with van der Waals surface area (Å²) in [6.07, 6.45) is 12.1. The highest BCUT2D eigenvalue weighted by molar-refractivity contribution is 5.82. The van der Waals surface area contributed by atoms with E-state index >= 15 is 0 Å². The maximum Gasteiger partial charge on any atom is 0.220 e. The van der Waals surface area contributed by atoms with Crippen molar-refractivity contribution in [3.8, 4) is 18.1 Å². The van der Waals surface area contributed by atoms with Crippen molar-refractivity contribution < 1.29 is 18.7 Å². The zero-order valence-electron chi connectivity index (χ0n) is 20.8. The minimum atomic E-state index is -0.487. The van der Waals surface area contributed by atoms with Crippen LogP contribution >= 0.6 is 0 Å². The van der Waals surface area contributed by atoms with Crippen LogP contribution in [0.2, 0.25) is 0 Å². The molecule has 0 saturated heterocycles. The highest BCUT2D eigenvalue weighted by atomic mass is 19.1. The summed E-state index contributed by atoms with van der Waals surface area (Å²) in [6.45, 7) is 1.84. The number of nitrogens with one attached hydrogen (secondary N) is 2. The van der Waals surface area contributed by atoms with Gasteiger partial charge in [0.25, 0.3) is 0 Å². The Hall–Kier alpha value is -3.37. The van der Waals surface area contributed by atoms with E-state index in [2.05, 4.69) is 28.7 Å². The number of hydrogen-bond donors (Lipinski definition) is 3. The van der Waals surface area contributed by atoms with Crippen molar-refractivity contribution in [1.82, 2.24) is 10.6 Å². The van der Waals surface area contributed by atoms with Crippen LogP contribution in [0.25, 0.3) is 0 Å². The third-order valence-corrected chi connectivity index (χ3v) is 6.38. The summed E-state index contributed by atoms with van der Waals surface area (Å²) in [5, 5.41) is 6.44. The zero-order valence-corrected chi connectivity index (χ0v) is 20.8. The number of amides is 2. The summed E-state index contributed by atoms with van der Waals surface area (Å²) >= 11 is 0. The minimum Gasteiger partial charge on any atom is -0.493 e. The number of carbonyl (C=O) groups excluding carboxylic acids is 2. The molecule has 3 rings (SSSR count). The van der Waals surface area contributed by atoms with Crippen LogP contribution in [-0.4, -0.2) is 31.5 Å². The number of aryl methyl sites for hydroxylation is 1. The van der Waals surface area contributed by atoms with Crippen molar-refractivity contribution in [3.05, 3.63) is 65.0 Å². The lowest BCUT2D eigenvalue weighted by Crippen LogP contribution is -2.29. The van der Waals surface area contributed by atoms with E-state index in [1.165, 1.54) is 11.6 Å². The van der Waals surface area contributed by atoms with Gasteiger partial charge in [-0.3, -0.25) is 9.59 Å². The summed E-state index contributed by atoms with van der Waals surface area (Å²) in [6, 6.07) is 13.1. The SMILES string of the molecule is C#Cc1cccc(C2(NCCCCc3cc(F)cc(OCCCCNC(=O)CCC(N)=O)c3)CC2)c1. The predicted octanol–water partition coefficient (Wildman–Crippen LogP) is 3.95. The molecule has 0 heterocycles. The molecule has 1 aliphatic rings. The van der Waals surface area contributed by atoms with Gasteiger partial charge in [0.2, 0.25) is 11.8 Å². The fraction of sp³-hybridized carbons (Fsp3) is 0.448. The molecule has 36 heavy (non-hydrogen) atoms. The average molecular weight is 494 g/mol. The Morgan fingerprint density at radius 3 is 2.61 bits per heavy atom. The van der Waals surface area contributed by atoms with Gasteiger partial charge in [0.1, 0.15) is 11.6 Å². The van der Waals surface area contributed by atoms with Crippen molar-refractivity contribution in [2.24, 2.45) is 5.73 Å². The summed E-state index contributed by atoms with van der Waals surface area (Å²) in [7, 11) is 0. The van der Waals surface area contributed by atoms with Crippen LogP contribution in [0.5, 0.6) is 5.75 Å². The first-order valence-corrected chi connectivity index (χ1v) is 12.7. The molecule has 1 aliphatic carbocycles. The topological polar surface area (TPSA) is 93.4 Å². The molecule has 0 aliphatic heterocycles. The van der Waals surface area contributed by atoms with E-state index in [1.807, 2.05) is 18.2 Å². The van der Waals surface area contributed by atoms with Gasteiger partial charge in [0.05, 0.1) is 6.61 Å². The Morgan fingerprint density at radius 1 is 1.06 bits per heavy atom. The van der Waals surface area contributed by atoms with E-state index < -0.39 is 5.91 Å². The lowest BCUT2D eigenvalue weighted by Gasteiger charge is -2.18. The van der Waals surface area contributed by atoms with Gasteiger partial charge in [-0.15, -0.1) is 6.42 Å². The van der Waals surface area contributed by atoms with E-state index in [0.29, 0.717) is 18.9 Å². The number of hydrogen-bond acceptors (Lipinski definition) is 4. The molecule has 0 bridgehead atoms. The number of ether oxygens (including phenoxy) is 1. The van der Waals surface area contributed by atoms with E-state index in [0.717, 1.165) is 62.6 Å². The third kappa shape index (κ3) is 9.01. The van der Waals surface area contributed by atoms with Crippen molar-refractivity contribution in [2.75, 3.05) is 19.7 Å². The Morgan fingerprint density at radius 2 is 1.86 bits per heavy atom. The fourth-order valence-corrected chi connectivity index (χ4v) is 4.20. The van der Waals surface area contributed by atoms with E-state index in [-0.39, 0.29) is 30.1 Å². The molecule has 0 unspecified atom stereocenters. The molecule has 0 spiro atoms. The van der Waals surface area contributed by atoms with Crippen molar-refractivity contribution >= 4 is 11.8 Å². The zero-order chi connectivity index (χ0) is 25.8. The molecule has 2 amide bonds. The Balaban J connectivity index is 1.32. The largest absolute Gasteiger partial charge is 0.493 e. The standard InChI is InChI=1S/C29H36FN3O3/c1-2-22-9-7-10-24(18-22)29(13-14-29)33-16-4-3-8-23-19-25(30)21-26(20-23)36-17-6-5-15-32-28(35)12-11-27(31)34/h1,7,9-10,18-21,33H,3-6,8,11-17H2,(H2,31,34)(H,32,35). The summed E-state index contributed by atoms with van der Waals surface area (Å²) in [5.74, 6) is 2.26. The first-order valence-electron chi connectivity index (χ1n) is 12.7. The quantitative estimate of drug-likeness (QED) is 0.244. The molecule has 1 saturated carbocycles. The van der Waals surface area contributed by atoms with E-state index in [4.69, 9.17) is 16.9 Å². The number of terminal acetylenes is 1. The van der Waals surface area contributed by atoms with Crippen LogP contribution in [-0.2, 0) is 21.5 Å². The molecule has 4 N–H and O–H groups in total. The van der Waals surface area contributed by atoms with E-state index in [9.17, 15) is 14.0 Å². The molecular weight excluding hydrogens is 457 g/mol. The monoisotopic (exact) mass is 493 g/mol. The summed E-state index contributed by atoms with van der Waals surface area (Å²) in [4.78, 5) is 22.2. The Labute approximate surface area is 213 Å². The maximum absolute atomic E-state index is 14.1.